The number of nitrogens with two attached hydrogens (primary N) is 2. The maximum absolute atomic E-state index is 9.21. The summed E-state index contributed by atoms with van der Waals surface area (Å²) in [5, 5.41) is 19.7. The van der Waals surface area contributed by atoms with E-state index < -0.39 is 0 Å². The quantitative estimate of drug-likeness (QED) is 0.0358. The van der Waals surface area contributed by atoms with E-state index in [2.05, 4.69) is 69.9 Å². The Balaban J connectivity index is -0.0000000637. The molecule has 0 saturated heterocycles. The summed E-state index contributed by atoms with van der Waals surface area (Å²) in [6, 6.07) is 0. The number of carbonyl (C=O) groups is 2. The largest absolute Gasteiger partial charge is 0.613 e. The minimum atomic E-state index is -0.361. The molecule has 0 spiro atoms. The van der Waals surface area contributed by atoms with E-state index in [1.165, 1.54) is 27.2 Å². The molecule has 0 atom stereocenters. The van der Waals surface area contributed by atoms with E-state index in [1.807, 2.05) is 0 Å². The number of oxime groups is 1. The van der Waals surface area contributed by atoms with Crippen LogP contribution >= 0.6 is 23.2 Å². The van der Waals surface area contributed by atoms with E-state index in [0.29, 0.717) is 17.6 Å². The molecule has 0 fully saturated rings. The second-order valence-corrected chi connectivity index (χ2v) is 5.27. The normalized spacial score (nSPS) is 7.84. The SMILES string of the molecule is C/C(N)=N/O.CC(=O)Cl.CC(=O)Cl.Cc1nn[c-]o1.Cc1noc(C)n1.NN[C-]=O.[Re].[Re]. The number of aryl methyl sites for hydroxylation is 3. The maximum Gasteiger partial charge on any atom is 0.223 e. The molecule has 32 heavy (non-hydrogen) atoms. The van der Waals surface area contributed by atoms with Gasteiger partial charge in [-0.05, 0) is 37.0 Å². The van der Waals surface area contributed by atoms with Gasteiger partial charge in [0.25, 0.3) is 0 Å². The smallest absolute Gasteiger partial charge is 0.223 e. The van der Waals surface area contributed by atoms with Gasteiger partial charge in [0.05, 0.1) is 12.3 Å². The minimum absolute atomic E-state index is 0. The molecule has 18 heteroatoms. The van der Waals surface area contributed by atoms with Crippen molar-refractivity contribution >= 4 is 45.9 Å². The zero-order valence-corrected chi connectivity index (χ0v) is 24.8. The summed E-state index contributed by atoms with van der Waals surface area (Å²) in [6.45, 7) is 9.35. The second-order valence-electron chi connectivity index (χ2n) is 4.20. The number of carbonyl (C=O) groups excluding carboxylic acids is 3. The maximum atomic E-state index is 9.21. The van der Waals surface area contributed by atoms with Crippen molar-refractivity contribution < 1.29 is 69.4 Å². The Morgan fingerprint density at radius 1 is 1.12 bits per heavy atom. The van der Waals surface area contributed by atoms with Crippen LogP contribution in [0.15, 0.2) is 14.1 Å². The van der Waals surface area contributed by atoms with Crippen LogP contribution in [0.1, 0.15) is 38.4 Å². The van der Waals surface area contributed by atoms with E-state index >= 15 is 0 Å². The van der Waals surface area contributed by atoms with Crippen molar-refractivity contribution in [2.45, 2.75) is 41.5 Å². The summed E-state index contributed by atoms with van der Waals surface area (Å²) in [4.78, 5) is 31.1. The number of hydrogen-bond donors (Lipinski definition) is 4. The fourth-order valence-electron chi connectivity index (χ4n) is 0.599. The minimum Gasteiger partial charge on any atom is -0.613 e. The van der Waals surface area contributed by atoms with Gasteiger partial charge in [-0.3, -0.25) is 15.4 Å². The van der Waals surface area contributed by atoms with Gasteiger partial charge < -0.3 is 30.1 Å². The molecule has 186 valence electrons. The molecule has 2 rings (SSSR count). The summed E-state index contributed by atoms with van der Waals surface area (Å²) in [5.41, 5.74) is 6.42. The molecule has 0 aliphatic heterocycles. The molecule has 0 aliphatic carbocycles. The van der Waals surface area contributed by atoms with Crippen molar-refractivity contribution in [3.8, 4) is 0 Å². The molecular formula is C14H24Cl2N8O6Re2-2. The molecule has 2 aromatic heterocycles. The van der Waals surface area contributed by atoms with Gasteiger partial charge >= 0.3 is 0 Å². The monoisotopic (exact) mass is 844 g/mol. The molecule has 14 nitrogen and oxygen atoms in total. The molecule has 2 aromatic rings. The first kappa shape index (κ1) is 44.0. The predicted molar refractivity (Wildman–Crippen MR) is 107 cm³/mol. The van der Waals surface area contributed by atoms with E-state index in [9.17, 15) is 9.59 Å². The van der Waals surface area contributed by atoms with E-state index in [-0.39, 0.29) is 57.2 Å². The standard InChI is InChI=1S/C4H6N2O.C3H3N2O.2C2H3ClO.C2H6N2O.CH3N2O.2Re/c1-3-5-4(2)7-6-3;1-3-5-4-2-6-3;2*1-2(3)4;1-2(3)4-5;2-3-1-4;;/h1-2H3;1H3;2*1H3;5H,1H3,(H2,3,4);2H2,(H,3,4);;/q;-1;;;;-1;;. The van der Waals surface area contributed by atoms with Crippen molar-refractivity contribution in [1.29, 1.82) is 0 Å². The van der Waals surface area contributed by atoms with Crippen molar-refractivity contribution in [2.24, 2.45) is 16.7 Å². The number of hydrogen-bond acceptors (Lipinski definition) is 12. The van der Waals surface area contributed by atoms with Crippen LogP contribution < -0.4 is 17.0 Å². The summed E-state index contributed by atoms with van der Waals surface area (Å²) in [6.07, 6.45) is 3.40. The molecule has 1 amide bonds. The van der Waals surface area contributed by atoms with Crippen molar-refractivity contribution in [3.63, 3.8) is 0 Å². The number of nitrogens with one attached hydrogen (secondary N) is 1. The van der Waals surface area contributed by atoms with Gasteiger partial charge in [0, 0.05) is 61.6 Å². The number of nitrogens with zero attached hydrogens (tertiary/aromatic N) is 5. The Kier molecular flexibility index (Phi) is 46.5. The van der Waals surface area contributed by atoms with Crippen LogP contribution in [-0.2, 0) is 55.2 Å². The molecule has 6 N–H and O–H groups in total. The molecule has 0 unspecified atom stereocenters. The Morgan fingerprint density at radius 2 is 1.50 bits per heavy atom. The molecule has 0 saturated carbocycles. The average Bonchev–Trinajstić information content (AvgIpc) is 3.25. The molecule has 0 aliphatic rings. The third kappa shape index (κ3) is 70.5. The Hall–Kier alpha value is -1.78. The van der Waals surface area contributed by atoms with Crippen LogP contribution in [-0.4, -0.2) is 48.3 Å². The van der Waals surface area contributed by atoms with Gasteiger partial charge in [0.1, 0.15) is 5.84 Å². The molecule has 2 radical (unpaired) electrons. The molecule has 0 aromatic carbocycles. The first-order valence-electron chi connectivity index (χ1n) is 7.35. The summed E-state index contributed by atoms with van der Waals surface area (Å²) in [7, 11) is 0. The fourth-order valence-corrected chi connectivity index (χ4v) is 0.599. The van der Waals surface area contributed by atoms with Crippen molar-refractivity contribution in [3.05, 3.63) is 24.0 Å². The van der Waals surface area contributed by atoms with Crippen LogP contribution in [0.3, 0.4) is 0 Å². The third-order valence-corrected chi connectivity index (χ3v) is 1.27. The number of hydrazine groups is 1. The first-order valence-corrected chi connectivity index (χ1v) is 8.11. The van der Waals surface area contributed by atoms with E-state index in [4.69, 9.17) is 15.7 Å². The van der Waals surface area contributed by atoms with Gasteiger partial charge in [-0.15, -0.1) is 0 Å². The molecular weight excluding hydrogens is 820 g/mol. The number of rotatable bonds is 1. The Bertz CT molecular complexity index is 665. The topological polar surface area (TPSA) is 226 Å². The van der Waals surface area contributed by atoms with Gasteiger partial charge in [0.2, 0.25) is 16.4 Å². The van der Waals surface area contributed by atoms with Crippen LogP contribution in [0.25, 0.3) is 0 Å². The van der Waals surface area contributed by atoms with Crippen LogP contribution in [0.2, 0.25) is 0 Å². The van der Waals surface area contributed by atoms with Crippen LogP contribution in [0.4, 0.5) is 0 Å². The number of amidine groups is 1. The van der Waals surface area contributed by atoms with Crippen molar-refractivity contribution in [1.82, 2.24) is 25.8 Å². The molecule has 2 heterocycles. The Morgan fingerprint density at radius 3 is 1.56 bits per heavy atom. The number of halogens is 2. The van der Waals surface area contributed by atoms with Gasteiger partial charge in [-0.2, -0.15) is 11.4 Å². The van der Waals surface area contributed by atoms with Crippen molar-refractivity contribution in [2.75, 3.05) is 0 Å². The predicted octanol–water partition coefficient (Wildman–Crippen LogP) is 0.673. The summed E-state index contributed by atoms with van der Waals surface area (Å²) >= 11 is 9.27. The first-order chi connectivity index (χ1) is 13.8. The van der Waals surface area contributed by atoms with Crippen LogP contribution in [0, 0.1) is 27.2 Å². The van der Waals surface area contributed by atoms with Gasteiger partial charge in [0.15, 0.2) is 5.82 Å². The average molecular weight is 844 g/mol. The fraction of sp³-hybridized carbons (Fsp3) is 0.429. The van der Waals surface area contributed by atoms with E-state index in [1.54, 1.807) is 26.2 Å². The zero-order valence-electron chi connectivity index (χ0n) is 17.9. The Labute approximate surface area is 222 Å². The number of amides is 1. The third-order valence-electron chi connectivity index (χ3n) is 1.27. The van der Waals surface area contributed by atoms with Gasteiger partial charge in [-0.25, -0.2) is 10.2 Å². The number of aromatic nitrogens is 4. The van der Waals surface area contributed by atoms with Crippen LogP contribution in [0.5, 0.6) is 0 Å². The molecule has 0 bridgehead atoms. The zero-order chi connectivity index (χ0) is 24.5. The summed E-state index contributed by atoms with van der Waals surface area (Å²) < 4.78 is 9.09. The second kappa shape index (κ2) is 33.9. The summed E-state index contributed by atoms with van der Waals surface area (Å²) in [5.74, 6) is 6.41. The van der Waals surface area contributed by atoms with E-state index in [0.717, 1.165) is 0 Å². The van der Waals surface area contributed by atoms with Gasteiger partial charge in [-0.1, -0.05) is 17.2 Å².